The van der Waals surface area contributed by atoms with Crippen LogP contribution in [0.5, 0.6) is 0 Å². The molecule has 1 aliphatic heterocycles. The molecule has 0 spiro atoms. The molecular weight excluding hydrogens is 260 g/mol. The van der Waals surface area contributed by atoms with Crippen LogP contribution < -0.4 is 10.0 Å². The SMILES string of the molecule is O=S(=O)(N[C@H]1CCNC1)c1ccc2c(c1)CCCC2. The van der Waals surface area contributed by atoms with Crippen molar-refractivity contribution in [3.05, 3.63) is 29.3 Å². The third-order valence-corrected chi connectivity index (χ3v) is 5.53. The zero-order valence-electron chi connectivity index (χ0n) is 11.0. The predicted molar refractivity (Wildman–Crippen MR) is 74.7 cm³/mol. The lowest BCUT2D eigenvalue weighted by atomic mass is 9.92. The average molecular weight is 280 g/mol. The molecule has 1 heterocycles. The van der Waals surface area contributed by atoms with Crippen LogP contribution in [0, 0.1) is 0 Å². The molecule has 0 bridgehead atoms. The third-order valence-electron chi connectivity index (χ3n) is 4.01. The van der Waals surface area contributed by atoms with E-state index in [2.05, 4.69) is 10.0 Å². The molecule has 0 amide bonds. The topological polar surface area (TPSA) is 58.2 Å². The fourth-order valence-electron chi connectivity index (χ4n) is 2.92. The van der Waals surface area contributed by atoms with Gasteiger partial charge in [0.05, 0.1) is 4.90 Å². The van der Waals surface area contributed by atoms with Gasteiger partial charge in [0.2, 0.25) is 10.0 Å². The van der Waals surface area contributed by atoms with E-state index in [9.17, 15) is 8.42 Å². The molecule has 0 radical (unpaired) electrons. The van der Waals surface area contributed by atoms with Gasteiger partial charge in [0.1, 0.15) is 0 Å². The van der Waals surface area contributed by atoms with Crippen molar-refractivity contribution in [2.45, 2.75) is 43.0 Å². The molecule has 0 saturated carbocycles. The van der Waals surface area contributed by atoms with Crippen LogP contribution >= 0.6 is 0 Å². The number of fused-ring (bicyclic) bond motifs is 1. The largest absolute Gasteiger partial charge is 0.315 e. The minimum absolute atomic E-state index is 0.0287. The van der Waals surface area contributed by atoms with Gasteiger partial charge in [0, 0.05) is 12.6 Å². The van der Waals surface area contributed by atoms with Crippen LogP contribution in [0.25, 0.3) is 0 Å². The Bertz CT molecular complexity index is 563. The quantitative estimate of drug-likeness (QED) is 0.875. The second kappa shape index (κ2) is 5.23. The number of hydrogen-bond acceptors (Lipinski definition) is 3. The first-order valence-electron chi connectivity index (χ1n) is 7.00. The maximum atomic E-state index is 12.3. The molecule has 5 heteroatoms. The molecule has 0 aromatic heterocycles. The highest BCUT2D eigenvalue weighted by molar-refractivity contribution is 7.89. The number of rotatable bonds is 3. The van der Waals surface area contributed by atoms with E-state index in [0.717, 1.165) is 38.8 Å². The number of hydrogen-bond donors (Lipinski definition) is 2. The van der Waals surface area contributed by atoms with Crippen molar-refractivity contribution in [3.63, 3.8) is 0 Å². The van der Waals surface area contributed by atoms with Crippen molar-refractivity contribution >= 4 is 10.0 Å². The molecule has 4 nitrogen and oxygen atoms in total. The zero-order chi connectivity index (χ0) is 13.3. The first kappa shape index (κ1) is 13.1. The third kappa shape index (κ3) is 2.83. The molecule has 2 N–H and O–H groups in total. The monoisotopic (exact) mass is 280 g/mol. The first-order chi connectivity index (χ1) is 9.15. The molecule has 1 fully saturated rings. The molecule has 1 saturated heterocycles. The van der Waals surface area contributed by atoms with Gasteiger partial charge in [0.15, 0.2) is 0 Å². The van der Waals surface area contributed by atoms with E-state index in [1.54, 1.807) is 6.07 Å². The fraction of sp³-hybridized carbons (Fsp3) is 0.571. The van der Waals surface area contributed by atoms with Crippen molar-refractivity contribution in [1.29, 1.82) is 0 Å². The van der Waals surface area contributed by atoms with Crippen LogP contribution in [0.2, 0.25) is 0 Å². The lowest BCUT2D eigenvalue weighted by Crippen LogP contribution is -2.36. The Morgan fingerprint density at radius 1 is 1.16 bits per heavy atom. The smallest absolute Gasteiger partial charge is 0.240 e. The molecule has 0 unspecified atom stereocenters. The fourth-order valence-corrected chi connectivity index (χ4v) is 4.24. The van der Waals surface area contributed by atoms with E-state index >= 15 is 0 Å². The van der Waals surface area contributed by atoms with Gasteiger partial charge in [-0.3, -0.25) is 0 Å². The summed E-state index contributed by atoms with van der Waals surface area (Å²) in [6.07, 6.45) is 5.32. The van der Waals surface area contributed by atoms with E-state index in [1.165, 1.54) is 17.5 Å². The summed E-state index contributed by atoms with van der Waals surface area (Å²) < 4.78 is 27.5. The molecule has 1 atom stereocenters. The normalized spacial score (nSPS) is 23.3. The van der Waals surface area contributed by atoms with Crippen LogP contribution in [0.3, 0.4) is 0 Å². The highest BCUT2D eigenvalue weighted by atomic mass is 32.2. The summed E-state index contributed by atoms with van der Waals surface area (Å²) in [5.74, 6) is 0. The molecule has 2 aliphatic rings. The minimum atomic E-state index is -3.37. The van der Waals surface area contributed by atoms with E-state index in [0.29, 0.717) is 4.90 Å². The predicted octanol–water partition coefficient (Wildman–Crippen LogP) is 1.21. The molecule has 1 aromatic carbocycles. The lowest BCUT2D eigenvalue weighted by Gasteiger charge is -2.18. The summed E-state index contributed by atoms with van der Waals surface area (Å²) in [4.78, 5) is 0.417. The molecule has 3 rings (SSSR count). The van der Waals surface area contributed by atoms with Gasteiger partial charge in [-0.25, -0.2) is 13.1 Å². The minimum Gasteiger partial charge on any atom is -0.315 e. The molecule has 104 valence electrons. The van der Waals surface area contributed by atoms with E-state index in [4.69, 9.17) is 0 Å². The Morgan fingerprint density at radius 2 is 1.95 bits per heavy atom. The molecule has 19 heavy (non-hydrogen) atoms. The number of benzene rings is 1. The van der Waals surface area contributed by atoms with Gasteiger partial charge in [-0.05, 0) is 61.9 Å². The van der Waals surface area contributed by atoms with Crippen LogP contribution in [-0.4, -0.2) is 27.5 Å². The maximum Gasteiger partial charge on any atom is 0.240 e. The average Bonchev–Trinajstić information content (AvgIpc) is 2.90. The Hall–Kier alpha value is -0.910. The lowest BCUT2D eigenvalue weighted by molar-refractivity contribution is 0.559. The van der Waals surface area contributed by atoms with Crippen molar-refractivity contribution in [2.75, 3.05) is 13.1 Å². The highest BCUT2D eigenvalue weighted by Crippen LogP contribution is 2.24. The van der Waals surface area contributed by atoms with Crippen LogP contribution in [0.4, 0.5) is 0 Å². The molecule has 1 aliphatic carbocycles. The van der Waals surface area contributed by atoms with Crippen molar-refractivity contribution < 1.29 is 8.42 Å². The summed E-state index contributed by atoms with van der Waals surface area (Å²) in [5.41, 5.74) is 2.52. The standard InChI is InChI=1S/C14H20N2O2S/c17-19(18,16-13-7-8-15-10-13)14-6-5-11-3-1-2-4-12(11)9-14/h5-6,9,13,15-16H,1-4,7-8,10H2/t13-/m0/s1. The Labute approximate surface area is 114 Å². The second-order valence-electron chi connectivity index (χ2n) is 5.45. The van der Waals surface area contributed by atoms with Crippen molar-refractivity contribution in [2.24, 2.45) is 0 Å². The maximum absolute atomic E-state index is 12.3. The van der Waals surface area contributed by atoms with E-state index < -0.39 is 10.0 Å². The first-order valence-corrected chi connectivity index (χ1v) is 8.48. The van der Waals surface area contributed by atoms with Gasteiger partial charge in [-0.1, -0.05) is 6.07 Å². The van der Waals surface area contributed by atoms with Crippen LogP contribution in [0.1, 0.15) is 30.4 Å². The van der Waals surface area contributed by atoms with E-state index in [-0.39, 0.29) is 6.04 Å². The van der Waals surface area contributed by atoms with Crippen LogP contribution in [-0.2, 0) is 22.9 Å². The molecular formula is C14H20N2O2S. The van der Waals surface area contributed by atoms with Gasteiger partial charge < -0.3 is 5.32 Å². The van der Waals surface area contributed by atoms with Gasteiger partial charge in [-0.15, -0.1) is 0 Å². The van der Waals surface area contributed by atoms with Crippen molar-refractivity contribution in [3.8, 4) is 0 Å². The number of aryl methyl sites for hydroxylation is 2. The summed E-state index contributed by atoms with van der Waals surface area (Å²) in [6, 6.07) is 5.62. The summed E-state index contributed by atoms with van der Waals surface area (Å²) in [5, 5.41) is 3.17. The summed E-state index contributed by atoms with van der Waals surface area (Å²) in [7, 11) is -3.37. The highest BCUT2D eigenvalue weighted by Gasteiger charge is 2.23. The Kier molecular flexibility index (Phi) is 3.60. The van der Waals surface area contributed by atoms with Crippen molar-refractivity contribution in [1.82, 2.24) is 10.0 Å². The number of nitrogens with one attached hydrogen (secondary N) is 2. The molecule has 1 aromatic rings. The zero-order valence-corrected chi connectivity index (χ0v) is 11.8. The van der Waals surface area contributed by atoms with Gasteiger partial charge in [-0.2, -0.15) is 0 Å². The Morgan fingerprint density at radius 3 is 2.68 bits per heavy atom. The van der Waals surface area contributed by atoms with Gasteiger partial charge in [0.25, 0.3) is 0 Å². The summed E-state index contributed by atoms with van der Waals surface area (Å²) in [6.45, 7) is 1.61. The second-order valence-corrected chi connectivity index (χ2v) is 7.16. The Balaban J connectivity index is 1.84. The van der Waals surface area contributed by atoms with Gasteiger partial charge >= 0.3 is 0 Å². The van der Waals surface area contributed by atoms with E-state index in [1.807, 2.05) is 12.1 Å². The van der Waals surface area contributed by atoms with Crippen LogP contribution in [0.15, 0.2) is 23.1 Å². The number of sulfonamides is 1. The summed E-state index contributed by atoms with van der Waals surface area (Å²) >= 11 is 0.